The number of imidazole rings is 1. The van der Waals surface area contributed by atoms with Crippen LogP contribution in [0.25, 0.3) is 11.4 Å². The molecule has 1 unspecified atom stereocenters. The van der Waals surface area contributed by atoms with E-state index in [9.17, 15) is 4.55 Å². The summed E-state index contributed by atoms with van der Waals surface area (Å²) in [6.45, 7) is 14.4. The number of unbranched alkanes of at least 4 members (excludes halogenated alkanes) is 2. The van der Waals surface area contributed by atoms with Gasteiger partial charge in [0.05, 0.1) is 30.5 Å². The monoisotopic (exact) mass is 668 g/mol. The Kier molecular flexibility index (Phi) is 12.1. The van der Waals surface area contributed by atoms with E-state index in [4.69, 9.17) is 30.3 Å². The fraction of sp³-hybridized carbons (Fsp3) is 0.613. The molecule has 1 aliphatic rings. The molecule has 3 aromatic rings. The van der Waals surface area contributed by atoms with Crippen molar-refractivity contribution in [1.29, 1.82) is 0 Å². The maximum atomic E-state index is 15.0. The van der Waals surface area contributed by atoms with Crippen molar-refractivity contribution in [1.82, 2.24) is 19.4 Å². The second kappa shape index (κ2) is 15.2. The number of hydrogen-bond donors (Lipinski definition) is 1. The third-order valence-electron chi connectivity index (χ3n) is 7.51. The Balaban J connectivity index is 1.56. The van der Waals surface area contributed by atoms with Gasteiger partial charge in [-0.2, -0.15) is 0 Å². The van der Waals surface area contributed by atoms with Crippen molar-refractivity contribution < 1.29 is 27.7 Å². The Labute approximate surface area is 269 Å². The van der Waals surface area contributed by atoms with E-state index < -0.39 is 41.8 Å². The third-order valence-corrected chi connectivity index (χ3v) is 11.1. The van der Waals surface area contributed by atoms with Gasteiger partial charge in [-0.3, -0.25) is 0 Å². The lowest BCUT2D eigenvalue weighted by molar-refractivity contribution is -0.175. The molecule has 3 heterocycles. The van der Waals surface area contributed by atoms with Gasteiger partial charge in [0.1, 0.15) is 35.1 Å². The SMILES string of the molecule is CC(C)(C)[S@@+]([O-])NC(CCCCCC1(c2ccon2)OCCO1)c1c(Cl)nc(-c2ccccc2F)n1COCC[Si](C)(C)C. The molecule has 0 spiro atoms. The average Bonchev–Trinajstić information content (AvgIpc) is 3.71. The first-order chi connectivity index (χ1) is 20.8. The molecule has 2 aromatic heterocycles. The third kappa shape index (κ3) is 9.15. The lowest BCUT2D eigenvalue weighted by atomic mass is 10.0. The van der Waals surface area contributed by atoms with E-state index in [-0.39, 0.29) is 11.9 Å². The number of benzene rings is 1. The zero-order valence-electron chi connectivity index (χ0n) is 26.7. The quantitative estimate of drug-likeness (QED) is 0.0946. The van der Waals surface area contributed by atoms with E-state index in [0.717, 1.165) is 25.3 Å². The molecule has 4 rings (SSSR count). The molecule has 0 amide bonds. The maximum Gasteiger partial charge on any atom is 0.215 e. The Bertz CT molecular complexity index is 1330. The summed E-state index contributed by atoms with van der Waals surface area (Å²) in [6.07, 6.45) is 5.23. The molecule has 0 saturated carbocycles. The first-order valence-electron chi connectivity index (χ1n) is 15.3. The summed E-state index contributed by atoms with van der Waals surface area (Å²) < 4.78 is 56.2. The Morgan fingerprint density at radius 2 is 1.89 bits per heavy atom. The lowest BCUT2D eigenvalue weighted by Crippen LogP contribution is -2.42. The predicted octanol–water partition coefficient (Wildman–Crippen LogP) is 7.59. The first kappa shape index (κ1) is 35.1. The molecule has 44 heavy (non-hydrogen) atoms. The van der Waals surface area contributed by atoms with Gasteiger partial charge in [0, 0.05) is 38.5 Å². The minimum absolute atomic E-state index is 0.151. The van der Waals surface area contributed by atoms with Gasteiger partial charge in [-0.25, -0.2) is 9.37 Å². The molecule has 0 bridgehead atoms. The fourth-order valence-corrected chi connectivity index (χ4v) is 6.92. The van der Waals surface area contributed by atoms with Crippen LogP contribution >= 0.6 is 11.6 Å². The Hall–Kier alpha value is -1.77. The smallest absolute Gasteiger partial charge is 0.215 e. The first-order valence-corrected chi connectivity index (χ1v) is 20.5. The highest BCUT2D eigenvalue weighted by molar-refractivity contribution is 7.90. The summed E-state index contributed by atoms with van der Waals surface area (Å²) in [5, 5.41) is 4.29. The molecule has 1 N–H and O–H groups in total. The van der Waals surface area contributed by atoms with Crippen LogP contribution in [0.3, 0.4) is 0 Å². The van der Waals surface area contributed by atoms with Crippen LogP contribution in [0.1, 0.15) is 70.3 Å². The van der Waals surface area contributed by atoms with Crippen molar-refractivity contribution in [2.45, 2.75) is 102 Å². The number of ether oxygens (including phenoxy) is 3. The van der Waals surface area contributed by atoms with E-state index in [2.05, 4.69) is 34.5 Å². The minimum Gasteiger partial charge on any atom is -0.598 e. The molecule has 1 fully saturated rings. The van der Waals surface area contributed by atoms with Crippen molar-refractivity contribution in [2.24, 2.45) is 0 Å². The number of halogens is 2. The van der Waals surface area contributed by atoms with Crippen molar-refractivity contribution in [3.63, 3.8) is 0 Å². The van der Waals surface area contributed by atoms with Crippen LogP contribution < -0.4 is 4.72 Å². The molecule has 1 aliphatic heterocycles. The molecule has 9 nitrogen and oxygen atoms in total. The molecule has 0 radical (unpaired) electrons. The van der Waals surface area contributed by atoms with Gasteiger partial charge in [-0.05, 0) is 51.8 Å². The molecular formula is C31H46ClFN4O5SSi. The number of hydrogen-bond acceptors (Lipinski definition) is 8. The second-order valence-electron chi connectivity index (χ2n) is 13.4. The number of aromatic nitrogens is 3. The summed E-state index contributed by atoms with van der Waals surface area (Å²) >= 11 is 5.44. The van der Waals surface area contributed by atoms with Crippen LogP contribution in [0.2, 0.25) is 30.8 Å². The lowest BCUT2D eigenvalue weighted by Gasteiger charge is -2.29. The molecule has 1 saturated heterocycles. The van der Waals surface area contributed by atoms with Crippen LogP contribution in [-0.4, -0.2) is 51.9 Å². The number of nitrogens with zero attached hydrogens (tertiary/aromatic N) is 3. The standard InChI is InChI=1S/C31H46ClFN4O5SSi/c1-30(2,3)43(38)36-25(14-8-7-11-16-31(40-18-19-41-31)26-15-17-42-35-26)27-28(32)34-29(23-12-9-10-13-24(23)33)37(27)22-39-20-21-44(4,5)6/h9-10,12-13,15,17,25,36H,7-8,11,14,16,18-22H2,1-6H3/t25?,43-/m1/s1. The van der Waals surface area contributed by atoms with Gasteiger partial charge in [-0.15, -0.1) is 4.72 Å². The number of rotatable bonds is 16. The van der Waals surface area contributed by atoms with Crippen molar-refractivity contribution in [3.8, 4) is 11.4 Å². The topological polar surface area (TPSA) is 107 Å². The Morgan fingerprint density at radius 1 is 1.16 bits per heavy atom. The van der Waals surface area contributed by atoms with Crippen LogP contribution in [0.4, 0.5) is 4.39 Å². The molecule has 13 heteroatoms. The summed E-state index contributed by atoms with van der Waals surface area (Å²) in [6, 6.07) is 8.84. The van der Waals surface area contributed by atoms with E-state index in [0.29, 0.717) is 55.4 Å². The van der Waals surface area contributed by atoms with Gasteiger partial charge in [0.2, 0.25) is 5.79 Å². The van der Waals surface area contributed by atoms with Crippen molar-refractivity contribution >= 4 is 31.0 Å². The van der Waals surface area contributed by atoms with Crippen LogP contribution in [0.15, 0.2) is 41.1 Å². The highest BCUT2D eigenvalue weighted by Gasteiger charge is 2.40. The van der Waals surface area contributed by atoms with Crippen molar-refractivity contribution in [3.05, 3.63) is 59.0 Å². The van der Waals surface area contributed by atoms with Gasteiger partial charge in [0.15, 0.2) is 5.15 Å². The second-order valence-corrected chi connectivity index (χ2v) is 21.3. The van der Waals surface area contributed by atoms with Crippen LogP contribution in [-0.2, 0) is 38.1 Å². The average molecular weight is 669 g/mol. The summed E-state index contributed by atoms with van der Waals surface area (Å²) in [5.74, 6) is -0.902. The zero-order valence-corrected chi connectivity index (χ0v) is 29.2. The summed E-state index contributed by atoms with van der Waals surface area (Å²) in [5.41, 5.74) is 1.61. The largest absolute Gasteiger partial charge is 0.598 e. The van der Waals surface area contributed by atoms with E-state index in [1.54, 1.807) is 24.3 Å². The maximum absolute atomic E-state index is 15.0. The van der Waals surface area contributed by atoms with Gasteiger partial charge in [-0.1, -0.05) is 61.4 Å². The minimum atomic E-state index is -1.40. The van der Waals surface area contributed by atoms with Gasteiger partial charge < -0.3 is 27.9 Å². The summed E-state index contributed by atoms with van der Waals surface area (Å²) in [7, 11) is -1.33. The van der Waals surface area contributed by atoms with E-state index >= 15 is 4.39 Å². The zero-order chi connectivity index (χ0) is 32.0. The fourth-order valence-electron chi connectivity index (χ4n) is 5.01. The molecule has 1 aromatic carbocycles. The molecular weight excluding hydrogens is 623 g/mol. The van der Waals surface area contributed by atoms with Gasteiger partial charge in [0.25, 0.3) is 0 Å². The number of nitrogens with one attached hydrogen (secondary N) is 1. The molecule has 244 valence electrons. The van der Waals surface area contributed by atoms with Crippen LogP contribution in [0.5, 0.6) is 0 Å². The highest BCUT2D eigenvalue weighted by atomic mass is 35.5. The van der Waals surface area contributed by atoms with Crippen molar-refractivity contribution in [2.75, 3.05) is 19.8 Å². The van der Waals surface area contributed by atoms with E-state index in [1.807, 2.05) is 25.3 Å². The Morgan fingerprint density at radius 3 is 2.52 bits per heavy atom. The normalized spacial score (nSPS) is 16.8. The van der Waals surface area contributed by atoms with Gasteiger partial charge >= 0.3 is 0 Å². The molecule has 0 aliphatic carbocycles. The predicted molar refractivity (Wildman–Crippen MR) is 174 cm³/mol. The molecule has 2 atom stereocenters. The van der Waals surface area contributed by atoms with E-state index in [1.165, 1.54) is 12.3 Å². The van der Waals surface area contributed by atoms with Crippen LogP contribution in [0, 0.1) is 5.82 Å². The highest BCUT2D eigenvalue weighted by Crippen LogP contribution is 2.37. The summed E-state index contributed by atoms with van der Waals surface area (Å²) in [4.78, 5) is 4.62.